The van der Waals surface area contributed by atoms with Gasteiger partial charge in [-0.15, -0.1) is 0 Å². The van der Waals surface area contributed by atoms with Crippen molar-refractivity contribution in [2.24, 2.45) is 0 Å². The monoisotopic (exact) mass is 114 g/mol. The Morgan fingerprint density at radius 3 is 2.88 bits per heavy atom. The van der Waals surface area contributed by atoms with Crippen molar-refractivity contribution >= 4 is 6.34 Å². The van der Waals surface area contributed by atoms with E-state index in [0.717, 1.165) is 13.3 Å². The van der Waals surface area contributed by atoms with Gasteiger partial charge in [0.05, 0.1) is 7.05 Å². The highest BCUT2D eigenvalue weighted by atomic mass is 15.3. The number of hydrogen-bond acceptors (Lipinski definition) is 2. The molecule has 0 radical (unpaired) electrons. The minimum Gasteiger partial charge on any atom is -0.267 e. The molecule has 1 aliphatic heterocycles. The first-order chi connectivity index (χ1) is 3.79. The Hall–Kier alpha value is -0.570. The molecule has 0 aromatic rings. The number of nitrogens with zero attached hydrogens (tertiary/aromatic N) is 2. The minimum absolute atomic E-state index is 0.963. The Morgan fingerprint density at radius 1 is 1.75 bits per heavy atom. The molecule has 1 heterocycles. The van der Waals surface area contributed by atoms with Crippen LogP contribution in [0.5, 0.6) is 0 Å². The molecule has 3 heteroatoms. The fourth-order valence-corrected chi connectivity index (χ4v) is 0.824. The molecule has 1 rings (SSSR count). The summed E-state index contributed by atoms with van der Waals surface area (Å²) in [4.78, 5) is 2.19. The summed E-state index contributed by atoms with van der Waals surface area (Å²) in [6, 6.07) is 0. The molecule has 0 unspecified atom stereocenters. The molecule has 0 bridgehead atoms. The lowest BCUT2D eigenvalue weighted by Gasteiger charge is -2.16. The zero-order valence-electron chi connectivity index (χ0n) is 5.39. The maximum Gasteiger partial charge on any atom is 0.233 e. The highest BCUT2D eigenvalue weighted by Crippen LogP contribution is 1.80. The van der Waals surface area contributed by atoms with Crippen LogP contribution in [0.15, 0.2) is 0 Å². The van der Waals surface area contributed by atoms with Crippen molar-refractivity contribution in [2.75, 3.05) is 27.4 Å². The predicted octanol–water partition coefficient (Wildman–Crippen LogP) is -0.893. The van der Waals surface area contributed by atoms with E-state index in [1.807, 2.05) is 13.4 Å². The highest BCUT2D eigenvalue weighted by Gasteiger charge is 2.06. The van der Waals surface area contributed by atoms with Gasteiger partial charge in [0.15, 0.2) is 0 Å². The Labute approximate surface area is 49.6 Å². The van der Waals surface area contributed by atoms with Gasteiger partial charge < -0.3 is 0 Å². The van der Waals surface area contributed by atoms with E-state index in [0.29, 0.717) is 0 Å². The largest absolute Gasteiger partial charge is 0.267 e. The van der Waals surface area contributed by atoms with E-state index in [9.17, 15) is 0 Å². The van der Waals surface area contributed by atoms with Crippen molar-refractivity contribution in [1.82, 2.24) is 10.2 Å². The van der Waals surface area contributed by atoms with E-state index >= 15 is 0 Å². The summed E-state index contributed by atoms with van der Waals surface area (Å²) in [6.07, 6.45) is 1.99. The molecule has 0 saturated heterocycles. The molecular weight excluding hydrogens is 102 g/mol. The molecule has 0 saturated carbocycles. The average molecular weight is 114 g/mol. The van der Waals surface area contributed by atoms with Crippen LogP contribution in [0.3, 0.4) is 0 Å². The normalized spacial score (nSPS) is 22.0. The molecule has 0 fully saturated rings. The van der Waals surface area contributed by atoms with E-state index in [1.165, 1.54) is 0 Å². The molecular formula is C5H12N3+. The SMILES string of the molecule is CN1CNC=[N+](C)C1. The van der Waals surface area contributed by atoms with Gasteiger partial charge in [-0.3, -0.25) is 9.89 Å². The summed E-state index contributed by atoms with van der Waals surface area (Å²) in [5.41, 5.74) is 0. The maximum absolute atomic E-state index is 3.11. The van der Waals surface area contributed by atoms with Gasteiger partial charge in [-0.2, -0.15) is 0 Å². The lowest BCUT2D eigenvalue weighted by atomic mass is 10.7. The minimum atomic E-state index is 0.963. The van der Waals surface area contributed by atoms with Crippen LogP contribution in [0, 0.1) is 0 Å². The van der Waals surface area contributed by atoms with Crippen LogP contribution in [-0.2, 0) is 0 Å². The summed E-state index contributed by atoms with van der Waals surface area (Å²) in [5.74, 6) is 0. The van der Waals surface area contributed by atoms with Crippen molar-refractivity contribution in [1.29, 1.82) is 0 Å². The fraction of sp³-hybridized carbons (Fsp3) is 0.800. The standard InChI is InChI=1S/C5H11N3/c1-7-3-6-4-8(2)5-7/h3H,4-5H2,1-2H3/p+1. The lowest BCUT2D eigenvalue weighted by molar-refractivity contribution is -0.522. The van der Waals surface area contributed by atoms with Gasteiger partial charge in [-0.05, 0) is 7.05 Å². The van der Waals surface area contributed by atoms with E-state index in [2.05, 4.69) is 21.8 Å². The first-order valence-electron chi connectivity index (χ1n) is 2.74. The van der Waals surface area contributed by atoms with E-state index in [4.69, 9.17) is 0 Å². The molecule has 8 heavy (non-hydrogen) atoms. The smallest absolute Gasteiger partial charge is 0.233 e. The second-order valence-electron chi connectivity index (χ2n) is 2.25. The topological polar surface area (TPSA) is 18.3 Å². The van der Waals surface area contributed by atoms with E-state index in [1.54, 1.807) is 0 Å². The molecule has 3 nitrogen and oxygen atoms in total. The van der Waals surface area contributed by atoms with Crippen LogP contribution in [0.2, 0.25) is 0 Å². The van der Waals surface area contributed by atoms with Gasteiger partial charge in [-0.1, -0.05) is 0 Å². The summed E-state index contributed by atoms with van der Waals surface area (Å²) in [6.45, 7) is 1.98. The van der Waals surface area contributed by atoms with Crippen LogP contribution in [0.4, 0.5) is 0 Å². The van der Waals surface area contributed by atoms with E-state index in [-0.39, 0.29) is 0 Å². The number of hydrogen-bond donors (Lipinski definition) is 1. The van der Waals surface area contributed by atoms with Gasteiger partial charge >= 0.3 is 0 Å². The van der Waals surface area contributed by atoms with Gasteiger partial charge in [0.2, 0.25) is 6.34 Å². The zero-order valence-corrected chi connectivity index (χ0v) is 5.39. The van der Waals surface area contributed by atoms with Crippen molar-refractivity contribution in [3.63, 3.8) is 0 Å². The molecule has 46 valence electrons. The Morgan fingerprint density at radius 2 is 2.50 bits per heavy atom. The average Bonchev–Trinajstić information content (AvgIpc) is 1.64. The van der Waals surface area contributed by atoms with Gasteiger partial charge in [0.25, 0.3) is 0 Å². The molecule has 0 aromatic heterocycles. The van der Waals surface area contributed by atoms with Crippen molar-refractivity contribution < 1.29 is 4.58 Å². The van der Waals surface area contributed by atoms with Crippen LogP contribution in [0.1, 0.15) is 0 Å². The lowest BCUT2D eigenvalue weighted by Crippen LogP contribution is -2.42. The third-order valence-electron chi connectivity index (χ3n) is 1.14. The molecule has 0 aliphatic carbocycles. The van der Waals surface area contributed by atoms with Crippen molar-refractivity contribution in [3.8, 4) is 0 Å². The Bertz CT molecular complexity index is 108. The van der Waals surface area contributed by atoms with Crippen LogP contribution in [0.25, 0.3) is 0 Å². The van der Waals surface area contributed by atoms with Crippen LogP contribution < -0.4 is 5.32 Å². The fourth-order valence-electron chi connectivity index (χ4n) is 0.824. The number of nitrogens with one attached hydrogen (secondary N) is 1. The van der Waals surface area contributed by atoms with Crippen LogP contribution in [-0.4, -0.2) is 43.2 Å². The third kappa shape index (κ3) is 1.20. The summed E-state index contributed by atoms with van der Waals surface area (Å²) < 4.78 is 2.10. The summed E-state index contributed by atoms with van der Waals surface area (Å²) in [7, 11) is 4.12. The molecule has 1 N–H and O–H groups in total. The Kier molecular flexibility index (Phi) is 1.48. The molecule has 0 aromatic carbocycles. The molecule has 0 amide bonds. The third-order valence-corrected chi connectivity index (χ3v) is 1.14. The first kappa shape index (κ1) is 5.56. The van der Waals surface area contributed by atoms with E-state index < -0.39 is 0 Å². The number of rotatable bonds is 0. The summed E-state index contributed by atoms with van der Waals surface area (Å²) in [5, 5.41) is 3.11. The van der Waals surface area contributed by atoms with Gasteiger partial charge in [0.1, 0.15) is 13.3 Å². The predicted molar refractivity (Wildman–Crippen MR) is 32.9 cm³/mol. The van der Waals surface area contributed by atoms with Gasteiger partial charge in [-0.25, -0.2) is 4.90 Å². The maximum atomic E-state index is 3.11. The zero-order chi connectivity index (χ0) is 5.98. The molecule has 1 aliphatic rings. The summed E-state index contributed by atoms with van der Waals surface area (Å²) >= 11 is 0. The van der Waals surface area contributed by atoms with Gasteiger partial charge in [0, 0.05) is 0 Å². The van der Waals surface area contributed by atoms with Crippen LogP contribution >= 0.6 is 0 Å². The second kappa shape index (κ2) is 2.13. The Balaban J connectivity index is 2.45. The highest BCUT2D eigenvalue weighted by molar-refractivity contribution is 5.47. The van der Waals surface area contributed by atoms with Crippen molar-refractivity contribution in [3.05, 3.63) is 0 Å². The molecule has 0 atom stereocenters. The first-order valence-corrected chi connectivity index (χ1v) is 2.74. The molecule has 0 spiro atoms. The second-order valence-corrected chi connectivity index (χ2v) is 2.25. The van der Waals surface area contributed by atoms with Crippen molar-refractivity contribution in [2.45, 2.75) is 0 Å². The quantitative estimate of drug-likeness (QED) is 0.412.